The van der Waals surface area contributed by atoms with Gasteiger partial charge in [-0.3, -0.25) is 14.3 Å². The van der Waals surface area contributed by atoms with Gasteiger partial charge in [-0.05, 0) is 41.8 Å². The Labute approximate surface area is 179 Å². The second-order valence-corrected chi connectivity index (χ2v) is 7.03. The van der Waals surface area contributed by atoms with Crippen LogP contribution in [-0.4, -0.2) is 39.9 Å². The lowest BCUT2D eigenvalue weighted by Crippen LogP contribution is -2.28. The number of aliphatic carboxylic acids is 1. The van der Waals surface area contributed by atoms with Crippen molar-refractivity contribution in [3.05, 3.63) is 82.6 Å². The third kappa shape index (κ3) is 6.09. The van der Waals surface area contributed by atoms with Crippen LogP contribution >= 0.6 is 11.6 Å². The highest BCUT2D eigenvalue weighted by molar-refractivity contribution is 6.33. The minimum atomic E-state index is -0.867. The molecule has 1 aromatic heterocycles. The lowest BCUT2D eigenvalue weighted by Gasteiger charge is -2.14. The number of aryl methyl sites for hydroxylation is 1. The van der Waals surface area contributed by atoms with Gasteiger partial charge in [0.1, 0.15) is 12.4 Å². The number of ether oxygens (including phenoxy) is 1. The monoisotopic (exact) mass is 427 g/mol. The number of hydrogen-bond donors (Lipinski definition) is 2. The van der Waals surface area contributed by atoms with E-state index in [0.717, 1.165) is 11.1 Å². The van der Waals surface area contributed by atoms with Crippen LogP contribution in [0.15, 0.2) is 60.9 Å². The highest BCUT2D eigenvalue weighted by Gasteiger charge is 2.11. The average molecular weight is 428 g/mol. The van der Waals surface area contributed by atoms with Crippen molar-refractivity contribution in [2.75, 3.05) is 13.2 Å². The van der Waals surface area contributed by atoms with Gasteiger partial charge in [0, 0.05) is 18.8 Å². The van der Waals surface area contributed by atoms with Crippen LogP contribution in [0.25, 0.3) is 0 Å². The van der Waals surface area contributed by atoms with Crippen molar-refractivity contribution < 1.29 is 19.4 Å². The number of halogens is 1. The highest BCUT2D eigenvalue weighted by atomic mass is 35.5. The molecule has 7 nitrogen and oxygen atoms in total. The lowest BCUT2D eigenvalue weighted by atomic mass is 10.1. The maximum absolute atomic E-state index is 12.2. The number of carbonyl (C=O) groups excluding carboxylic acids is 1. The van der Waals surface area contributed by atoms with Gasteiger partial charge in [0.15, 0.2) is 0 Å². The Kier molecular flexibility index (Phi) is 7.45. The van der Waals surface area contributed by atoms with Crippen LogP contribution < -0.4 is 10.1 Å². The summed E-state index contributed by atoms with van der Waals surface area (Å²) in [6.07, 6.45) is 3.94. The van der Waals surface area contributed by atoms with Crippen molar-refractivity contribution in [2.45, 2.75) is 19.4 Å². The number of carbonyl (C=O) groups is 2. The summed E-state index contributed by atoms with van der Waals surface area (Å²) in [5, 5.41) is 16.3. The molecule has 3 rings (SSSR count). The van der Waals surface area contributed by atoms with E-state index >= 15 is 0 Å². The number of aromatic nitrogens is 2. The first-order chi connectivity index (χ1) is 14.5. The summed E-state index contributed by atoms with van der Waals surface area (Å²) in [6, 6.07) is 14.4. The molecule has 0 aliphatic carbocycles. The second-order valence-electron chi connectivity index (χ2n) is 6.62. The minimum Gasteiger partial charge on any atom is -0.491 e. The van der Waals surface area contributed by atoms with Crippen molar-refractivity contribution in [3.63, 3.8) is 0 Å². The number of nitrogens with zero attached hydrogens (tertiary/aromatic N) is 2. The quantitative estimate of drug-likeness (QED) is 0.483. The van der Waals surface area contributed by atoms with Crippen molar-refractivity contribution >= 4 is 23.5 Å². The molecule has 0 saturated heterocycles. The van der Waals surface area contributed by atoms with Gasteiger partial charge in [-0.2, -0.15) is 5.10 Å². The van der Waals surface area contributed by atoms with Crippen LogP contribution in [0.5, 0.6) is 5.75 Å². The molecule has 156 valence electrons. The Balaban J connectivity index is 1.62. The molecule has 0 aliphatic heterocycles. The fourth-order valence-corrected chi connectivity index (χ4v) is 3.15. The van der Waals surface area contributed by atoms with Crippen molar-refractivity contribution in [1.29, 1.82) is 0 Å². The van der Waals surface area contributed by atoms with E-state index < -0.39 is 5.97 Å². The molecule has 3 aromatic rings. The first-order valence-corrected chi connectivity index (χ1v) is 9.87. The van der Waals surface area contributed by atoms with Crippen LogP contribution in [0.3, 0.4) is 0 Å². The number of nitrogens with one attached hydrogen (secondary N) is 1. The van der Waals surface area contributed by atoms with Crippen molar-refractivity contribution in [1.82, 2.24) is 15.1 Å². The molecule has 0 spiro atoms. The molecule has 2 N–H and O–H groups in total. The zero-order chi connectivity index (χ0) is 21.3. The summed E-state index contributed by atoms with van der Waals surface area (Å²) in [5.41, 5.74) is 2.19. The maximum Gasteiger partial charge on any atom is 0.303 e. The molecule has 0 saturated carbocycles. The molecule has 0 aliphatic rings. The summed E-state index contributed by atoms with van der Waals surface area (Å²) in [5.74, 6) is -0.538. The number of carboxylic acids is 1. The normalized spacial score (nSPS) is 10.6. The Morgan fingerprint density at radius 2 is 2.00 bits per heavy atom. The molecule has 0 radical (unpaired) electrons. The Hall–Kier alpha value is -3.32. The fourth-order valence-electron chi connectivity index (χ4n) is 2.93. The van der Waals surface area contributed by atoms with Crippen LogP contribution in [0.2, 0.25) is 5.02 Å². The van der Waals surface area contributed by atoms with Crippen molar-refractivity contribution in [2.24, 2.45) is 0 Å². The zero-order valence-corrected chi connectivity index (χ0v) is 17.0. The standard InChI is InChI=1S/C22H22ClN3O4/c23-19-5-2-1-4-18(19)22(29)24-11-13-30-20-14-16(15-26-12-3-10-25-26)6-7-17(20)8-9-21(27)28/h1-7,10,12,14H,8-9,11,13,15H2,(H,24,29)(H,27,28). The number of hydrogen-bond acceptors (Lipinski definition) is 4. The lowest BCUT2D eigenvalue weighted by molar-refractivity contribution is -0.136. The number of amides is 1. The van der Waals surface area contributed by atoms with Gasteiger partial charge in [-0.15, -0.1) is 0 Å². The molecule has 0 fully saturated rings. The van der Waals surface area contributed by atoms with E-state index in [-0.39, 0.29) is 25.5 Å². The largest absolute Gasteiger partial charge is 0.491 e. The minimum absolute atomic E-state index is 0.0120. The first kappa shape index (κ1) is 21.4. The van der Waals surface area contributed by atoms with Crippen LogP contribution in [0.4, 0.5) is 0 Å². The number of rotatable bonds is 10. The summed E-state index contributed by atoms with van der Waals surface area (Å²) in [7, 11) is 0. The van der Waals surface area contributed by atoms with Gasteiger partial charge >= 0.3 is 5.97 Å². The first-order valence-electron chi connectivity index (χ1n) is 9.49. The van der Waals surface area contributed by atoms with Crippen LogP contribution in [-0.2, 0) is 17.8 Å². The topological polar surface area (TPSA) is 93.4 Å². The molecular formula is C22H22ClN3O4. The summed E-state index contributed by atoms with van der Waals surface area (Å²) in [4.78, 5) is 23.2. The molecule has 0 atom stereocenters. The molecule has 0 bridgehead atoms. The molecule has 30 heavy (non-hydrogen) atoms. The van der Waals surface area contributed by atoms with Crippen LogP contribution in [0.1, 0.15) is 27.9 Å². The highest BCUT2D eigenvalue weighted by Crippen LogP contribution is 2.23. The summed E-state index contributed by atoms with van der Waals surface area (Å²) < 4.78 is 7.67. The Morgan fingerprint density at radius 3 is 2.73 bits per heavy atom. The fraction of sp³-hybridized carbons (Fsp3) is 0.227. The van der Waals surface area contributed by atoms with E-state index in [1.165, 1.54) is 0 Å². The average Bonchev–Trinajstić information content (AvgIpc) is 3.23. The van der Waals surface area contributed by atoms with Gasteiger partial charge in [-0.25, -0.2) is 0 Å². The van der Waals surface area contributed by atoms with Gasteiger partial charge < -0.3 is 15.2 Å². The van der Waals surface area contributed by atoms with Gasteiger partial charge in [-0.1, -0.05) is 35.9 Å². The second kappa shape index (κ2) is 10.5. The Bertz CT molecular complexity index is 1010. The predicted molar refractivity (Wildman–Crippen MR) is 113 cm³/mol. The molecule has 1 amide bonds. The van der Waals surface area contributed by atoms with Gasteiger partial charge in [0.05, 0.1) is 23.7 Å². The SMILES string of the molecule is O=C(O)CCc1ccc(Cn2cccn2)cc1OCCNC(=O)c1ccccc1Cl. The molecule has 2 aromatic carbocycles. The van der Waals surface area contributed by atoms with E-state index in [1.54, 1.807) is 35.1 Å². The van der Waals surface area contributed by atoms with E-state index in [9.17, 15) is 9.59 Å². The van der Waals surface area contributed by atoms with E-state index in [0.29, 0.717) is 29.3 Å². The van der Waals surface area contributed by atoms with E-state index in [2.05, 4.69) is 10.4 Å². The number of carboxylic acid groups (broad SMARTS) is 1. The van der Waals surface area contributed by atoms with Crippen LogP contribution in [0, 0.1) is 0 Å². The summed E-state index contributed by atoms with van der Waals surface area (Å²) in [6.45, 7) is 1.10. The number of benzene rings is 2. The van der Waals surface area contributed by atoms with E-state index in [1.807, 2.05) is 30.5 Å². The smallest absolute Gasteiger partial charge is 0.303 e. The van der Waals surface area contributed by atoms with Gasteiger partial charge in [0.25, 0.3) is 5.91 Å². The van der Waals surface area contributed by atoms with Crippen molar-refractivity contribution in [3.8, 4) is 5.75 Å². The van der Waals surface area contributed by atoms with E-state index in [4.69, 9.17) is 21.4 Å². The Morgan fingerprint density at radius 1 is 1.17 bits per heavy atom. The third-order valence-electron chi connectivity index (χ3n) is 4.41. The predicted octanol–water partition coefficient (Wildman–Crippen LogP) is 3.41. The molecule has 8 heteroatoms. The molecule has 0 unspecified atom stereocenters. The third-order valence-corrected chi connectivity index (χ3v) is 4.74. The molecular weight excluding hydrogens is 406 g/mol. The zero-order valence-electron chi connectivity index (χ0n) is 16.3. The molecule has 1 heterocycles. The summed E-state index contributed by atoms with van der Waals surface area (Å²) >= 11 is 6.04. The van der Waals surface area contributed by atoms with Gasteiger partial charge in [0.2, 0.25) is 0 Å². The maximum atomic E-state index is 12.2.